The van der Waals surface area contributed by atoms with Gasteiger partial charge in [0, 0.05) is 7.11 Å². The highest BCUT2D eigenvalue weighted by atomic mass is 16.6. The van der Waals surface area contributed by atoms with Crippen LogP contribution in [0.15, 0.2) is 18.2 Å². The van der Waals surface area contributed by atoms with Gasteiger partial charge in [-0.15, -0.1) is 0 Å². The van der Waals surface area contributed by atoms with Gasteiger partial charge in [0.2, 0.25) is 0 Å². The third kappa shape index (κ3) is 7.48. The van der Waals surface area contributed by atoms with E-state index in [9.17, 15) is 4.79 Å². The first-order chi connectivity index (χ1) is 11.5. The molecule has 136 valence electrons. The molecular formula is C21H34O3. The summed E-state index contributed by atoms with van der Waals surface area (Å²) in [5.74, 6) is 0.364. The van der Waals surface area contributed by atoms with Gasteiger partial charge in [0.05, 0.1) is 12.2 Å². The van der Waals surface area contributed by atoms with Crippen molar-refractivity contribution in [1.29, 1.82) is 0 Å². The number of aryl methyl sites for hydroxylation is 2. The van der Waals surface area contributed by atoms with Gasteiger partial charge in [-0.05, 0) is 54.9 Å². The van der Waals surface area contributed by atoms with Crippen LogP contribution in [0, 0.1) is 5.92 Å². The fourth-order valence-electron chi connectivity index (χ4n) is 2.85. The topological polar surface area (TPSA) is 35.5 Å². The van der Waals surface area contributed by atoms with Gasteiger partial charge in [-0.3, -0.25) is 0 Å². The second-order valence-corrected chi connectivity index (χ2v) is 6.99. The predicted molar refractivity (Wildman–Crippen MR) is 99.6 cm³/mol. The fourth-order valence-corrected chi connectivity index (χ4v) is 2.85. The lowest BCUT2D eigenvalue weighted by Gasteiger charge is -2.18. The molecule has 0 bridgehead atoms. The first-order valence-corrected chi connectivity index (χ1v) is 9.32. The van der Waals surface area contributed by atoms with Crippen LogP contribution in [-0.2, 0) is 22.3 Å². The number of benzene rings is 1. The highest BCUT2D eigenvalue weighted by molar-refractivity contribution is 5.90. The Bertz CT molecular complexity index is 470. The molecule has 0 fully saturated rings. The van der Waals surface area contributed by atoms with Gasteiger partial charge in [-0.25, -0.2) is 4.79 Å². The molecule has 0 spiro atoms. The predicted octanol–water partition coefficient (Wildman–Crippen LogP) is 5.20. The van der Waals surface area contributed by atoms with Crippen LogP contribution in [0.25, 0.3) is 0 Å². The van der Waals surface area contributed by atoms with E-state index < -0.39 is 0 Å². The molecule has 0 aromatic heterocycles. The van der Waals surface area contributed by atoms with E-state index in [1.807, 2.05) is 12.1 Å². The van der Waals surface area contributed by atoms with Crippen LogP contribution >= 0.6 is 0 Å². The van der Waals surface area contributed by atoms with Gasteiger partial charge in [0.15, 0.2) is 0 Å². The van der Waals surface area contributed by atoms with E-state index in [1.54, 1.807) is 7.11 Å². The zero-order valence-electron chi connectivity index (χ0n) is 16.1. The Morgan fingerprint density at radius 3 is 2.04 bits per heavy atom. The Morgan fingerprint density at radius 1 is 1.00 bits per heavy atom. The van der Waals surface area contributed by atoms with Crippen LogP contribution in [0.4, 0.5) is 0 Å². The van der Waals surface area contributed by atoms with Crippen molar-refractivity contribution in [3.05, 3.63) is 34.9 Å². The highest BCUT2D eigenvalue weighted by Crippen LogP contribution is 2.17. The van der Waals surface area contributed by atoms with E-state index in [2.05, 4.69) is 33.8 Å². The second kappa shape index (κ2) is 11.2. The summed E-state index contributed by atoms with van der Waals surface area (Å²) in [6.07, 6.45) is 5.83. The molecule has 0 amide bonds. The smallest absolute Gasteiger partial charge is 0.338 e. The Balaban J connectivity index is 2.86. The minimum absolute atomic E-state index is 0.172. The summed E-state index contributed by atoms with van der Waals surface area (Å²) in [5.41, 5.74) is 3.12. The maximum Gasteiger partial charge on any atom is 0.338 e. The molecule has 3 heteroatoms. The third-order valence-electron chi connectivity index (χ3n) is 4.06. The fraction of sp³-hybridized carbons (Fsp3) is 0.667. The van der Waals surface area contributed by atoms with Gasteiger partial charge < -0.3 is 9.47 Å². The summed E-state index contributed by atoms with van der Waals surface area (Å²) in [6, 6.07) is 6.18. The van der Waals surface area contributed by atoms with Crippen LogP contribution in [0.3, 0.4) is 0 Å². The Morgan fingerprint density at radius 2 is 1.58 bits per heavy atom. The lowest BCUT2D eigenvalue weighted by Crippen LogP contribution is -2.24. The van der Waals surface area contributed by atoms with Crippen LogP contribution in [0.5, 0.6) is 0 Å². The van der Waals surface area contributed by atoms with Crippen molar-refractivity contribution in [2.75, 3.05) is 13.7 Å². The SMILES string of the molecule is CCCc1cc(CCC)cc(C(=O)OC(CCC(C)C)COC)c1. The molecule has 1 atom stereocenters. The van der Waals surface area contributed by atoms with Gasteiger partial charge in [-0.2, -0.15) is 0 Å². The van der Waals surface area contributed by atoms with Crippen molar-refractivity contribution >= 4 is 5.97 Å². The summed E-state index contributed by atoms with van der Waals surface area (Å²) >= 11 is 0. The number of methoxy groups -OCH3 is 1. The maximum atomic E-state index is 12.6. The minimum Gasteiger partial charge on any atom is -0.456 e. The molecule has 0 N–H and O–H groups in total. The monoisotopic (exact) mass is 334 g/mol. The van der Waals surface area contributed by atoms with Crippen LogP contribution in [0.2, 0.25) is 0 Å². The summed E-state index contributed by atoms with van der Waals surface area (Å²) < 4.78 is 11.0. The molecule has 1 rings (SSSR count). The van der Waals surface area contributed by atoms with Crippen LogP contribution in [-0.4, -0.2) is 25.8 Å². The van der Waals surface area contributed by atoms with E-state index >= 15 is 0 Å². The number of hydrogen-bond donors (Lipinski definition) is 0. The third-order valence-corrected chi connectivity index (χ3v) is 4.06. The number of esters is 1. The summed E-state index contributed by atoms with van der Waals surface area (Å²) in [7, 11) is 1.65. The zero-order chi connectivity index (χ0) is 17.9. The molecule has 0 heterocycles. The van der Waals surface area contributed by atoms with Gasteiger partial charge >= 0.3 is 5.97 Å². The summed E-state index contributed by atoms with van der Waals surface area (Å²) in [4.78, 5) is 12.6. The van der Waals surface area contributed by atoms with Crippen molar-refractivity contribution in [2.24, 2.45) is 5.92 Å². The molecule has 0 aliphatic rings. The lowest BCUT2D eigenvalue weighted by molar-refractivity contribution is 0.00154. The number of rotatable bonds is 11. The molecule has 24 heavy (non-hydrogen) atoms. The van der Waals surface area contributed by atoms with Crippen molar-refractivity contribution in [3.8, 4) is 0 Å². The number of carbonyl (C=O) groups is 1. The number of hydrogen-bond acceptors (Lipinski definition) is 3. The van der Waals surface area contributed by atoms with Crippen molar-refractivity contribution in [1.82, 2.24) is 0 Å². The Labute approximate surface area is 147 Å². The first kappa shape index (κ1) is 20.7. The molecule has 0 saturated heterocycles. The highest BCUT2D eigenvalue weighted by Gasteiger charge is 2.17. The summed E-state index contributed by atoms with van der Waals surface area (Å²) in [5, 5.41) is 0. The number of ether oxygens (including phenoxy) is 2. The van der Waals surface area contributed by atoms with Gasteiger partial charge in [0.1, 0.15) is 6.10 Å². The van der Waals surface area contributed by atoms with E-state index in [4.69, 9.17) is 9.47 Å². The molecule has 1 aromatic carbocycles. The number of carbonyl (C=O) groups excluding carboxylic acids is 1. The molecule has 0 aliphatic carbocycles. The lowest BCUT2D eigenvalue weighted by atomic mass is 10.00. The largest absolute Gasteiger partial charge is 0.456 e. The normalized spacial score (nSPS) is 12.4. The quantitative estimate of drug-likeness (QED) is 0.522. The average molecular weight is 335 g/mol. The molecule has 3 nitrogen and oxygen atoms in total. The Hall–Kier alpha value is -1.35. The van der Waals surface area contributed by atoms with Crippen LogP contribution < -0.4 is 0 Å². The molecule has 0 saturated carbocycles. The molecule has 1 unspecified atom stereocenters. The van der Waals surface area contributed by atoms with E-state index in [0.29, 0.717) is 18.1 Å². The van der Waals surface area contributed by atoms with E-state index in [0.717, 1.165) is 38.5 Å². The average Bonchev–Trinajstić information content (AvgIpc) is 2.53. The van der Waals surface area contributed by atoms with Crippen molar-refractivity contribution in [3.63, 3.8) is 0 Å². The second-order valence-electron chi connectivity index (χ2n) is 6.99. The standard InChI is InChI=1S/C21H34O3/c1-6-8-17-12-18(9-7-2)14-19(13-17)21(22)24-20(15-23-5)11-10-16(3)4/h12-14,16,20H,6-11,15H2,1-5H3. The van der Waals surface area contributed by atoms with E-state index in [1.165, 1.54) is 11.1 Å². The molecule has 1 aromatic rings. The first-order valence-electron chi connectivity index (χ1n) is 9.32. The molecular weight excluding hydrogens is 300 g/mol. The maximum absolute atomic E-state index is 12.6. The molecule has 0 radical (unpaired) electrons. The summed E-state index contributed by atoms with van der Waals surface area (Å²) in [6.45, 7) is 9.12. The zero-order valence-corrected chi connectivity index (χ0v) is 16.1. The van der Waals surface area contributed by atoms with Crippen molar-refractivity contribution in [2.45, 2.75) is 72.3 Å². The van der Waals surface area contributed by atoms with Gasteiger partial charge in [-0.1, -0.05) is 46.6 Å². The van der Waals surface area contributed by atoms with Crippen molar-refractivity contribution < 1.29 is 14.3 Å². The minimum atomic E-state index is -0.226. The Kier molecular flexibility index (Phi) is 9.70. The van der Waals surface area contributed by atoms with E-state index in [-0.39, 0.29) is 12.1 Å². The van der Waals surface area contributed by atoms with Crippen LogP contribution in [0.1, 0.15) is 74.9 Å². The molecule has 0 aliphatic heterocycles. The van der Waals surface area contributed by atoms with Gasteiger partial charge in [0.25, 0.3) is 0 Å².